The number of aromatic nitrogens is 1. The molecule has 0 aliphatic rings. The quantitative estimate of drug-likeness (QED) is 0.459. The van der Waals surface area contributed by atoms with E-state index in [0.717, 1.165) is 18.5 Å². The zero-order chi connectivity index (χ0) is 13.8. The lowest BCUT2D eigenvalue weighted by molar-refractivity contribution is -0.383. The summed E-state index contributed by atoms with van der Waals surface area (Å²) in [6, 6.07) is 7.36. The molecule has 4 nitrogen and oxygen atoms in total. The van der Waals surface area contributed by atoms with Crippen LogP contribution >= 0.6 is 0 Å². The predicted molar refractivity (Wildman–Crippen MR) is 76.4 cm³/mol. The van der Waals surface area contributed by atoms with Gasteiger partial charge in [0.1, 0.15) is 0 Å². The highest BCUT2D eigenvalue weighted by Crippen LogP contribution is 2.28. The predicted octanol–water partition coefficient (Wildman–Crippen LogP) is 4.18. The first-order valence-electron chi connectivity index (χ1n) is 6.67. The Hall–Kier alpha value is -1.97. The molecule has 0 fully saturated rings. The van der Waals surface area contributed by atoms with Gasteiger partial charge < -0.3 is 0 Å². The standard InChI is InChI=1S/C15H18N2O2/c1-3-4-5-6-12-8-9-13-14(16-12)10-7-11(2)15(13)17(18)19/h7-10H,3-6H2,1-2H3. The molecule has 2 rings (SSSR count). The fourth-order valence-corrected chi connectivity index (χ4v) is 2.28. The summed E-state index contributed by atoms with van der Waals surface area (Å²) in [4.78, 5) is 15.3. The maximum Gasteiger partial charge on any atom is 0.281 e. The van der Waals surface area contributed by atoms with Gasteiger partial charge >= 0.3 is 0 Å². The van der Waals surface area contributed by atoms with E-state index in [2.05, 4.69) is 11.9 Å². The van der Waals surface area contributed by atoms with Gasteiger partial charge in [-0.3, -0.25) is 15.1 Å². The van der Waals surface area contributed by atoms with E-state index in [1.807, 2.05) is 18.2 Å². The number of nitro groups is 1. The normalized spacial score (nSPS) is 10.8. The lowest BCUT2D eigenvalue weighted by Crippen LogP contribution is -1.96. The van der Waals surface area contributed by atoms with Crippen LogP contribution in [-0.2, 0) is 6.42 Å². The molecule has 0 aliphatic heterocycles. The van der Waals surface area contributed by atoms with E-state index < -0.39 is 0 Å². The Bertz CT molecular complexity index is 608. The highest BCUT2D eigenvalue weighted by Gasteiger charge is 2.16. The van der Waals surface area contributed by atoms with E-state index in [1.165, 1.54) is 12.8 Å². The van der Waals surface area contributed by atoms with E-state index in [-0.39, 0.29) is 10.6 Å². The van der Waals surface area contributed by atoms with Crippen LogP contribution in [0.5, 0.6) is 0 Å². The second-order valence-electron chi connectivity index (χ2n) is 4.81. The smallest absolute Gasteiger partial charge is 0.258 e. The second-order valence-corrected chi connectivity index (χ2v) is 4.81. The largest absolute Gasteiger partial charge is 0.281 e. The molecule has 0 saturated heterocycles. The highest BCUT2D eigenvalue weighted by atomic mass is 16.6. The Labute approximate surface area is 112 Å². The van der Waals surface area contributed by atoms with Crippen molar-refractivity contribution in [3.8, 4) is 0 Å². The molecule has 4 heteroatoms. The molecule has 100 valence electrons. The van der Waals surface area contributed by atoms with Crippen LogP contribution in [0.2, 0.25) is 0 Å². The van der Waals surface area contributed by atoms with Gasteiger partial charge in [-0.15, -0.1) is 0 Å². The Kier molecular flexibility index (Phi) is 4.10. The van der Waals surface area contributed by atoms with Gasteiger partial charge in [0.2, 0.25) is 0 Å². The van der Waals surface area contributed by atoms with Gasteiger partial charge in [0.15, 0.2) is 0 Å². The van der Waals surface area contributed by atoms with Crippen LogP contribution in [0.25, 0.3) is 10.9 Å². The first kappa shape index (κ1) is 13.5. The number of hydrogen-bond donors (Lipinski definition) is 0. The molecule has 2 aromatic rings. The van der Waals surface area contributed by atoms with Crippen LogP contribution in [0.4, 0.5) is 5.69 Å². The van der Waals surface area contributed by atoms with Crippen LogP contribution in [0.15, 0.2) is 24.3 Å². The van der Waals surface area contributed by atoms with Crippen LogP contribution in [0.3, 0.4) is 0 Å². The summed E-state index contributed by atoms with van der Waals surface area (Å²) in [6.07, 6.45) is 4.42. The molecule has 0 bridgehead atoms. The fourth-order valence-electron chi connectivity index (χ4n) is 2.28. The Morgan fingerprint density at radius 2 is 2.00 bits per heavy atom. The Morgan fingerprint density at radius 3 is 2.68 bits per heavy atom. The average molecular weight is 258 g/mol. The topological polar surface area (TPSA) is 56.0 Å². The summed E-state index contributed by atoms with van der Waals surface area (Å²) < 4.78 is 0. The van der Waals surface area contributed by atoms with E-state index in [0.29, 0.717) is 16.5 Å². The summed E-state index contributed by atoms with van der Waals surface area (Å²) in [6.45, 7) is 3.92. The summed E-state index contributed by atoms with van der Waals surface area (Å²) in [7, 11) is 0. The van der Waals surface area contributed by atoms with Crippen molar-refractivity contribution in [3.05, 3.63) is 45.6 Å². The minimum Gasteiger partial charge on any atom is -0.258 e. The summed E-state index contributed by atoms with van der Waals surface area (Å²) in [5.74, 6) is 0. The molecule has 0 radical (unpaired) electrons. The number of nitro benzene ring substituents is 1. The van der Waals surface area contributed by atoms with Gasteiger partial charge in [-0.1, -0.05) is 25.8 Å². The zero-order valence-corrected chi connectivity index (χ0v) is 11.3. The number of aryl methyl sites for hydroxylation is 2. The fraction of sp³-hybridized carbons (Fsp3) is 0.400. The summed E-state index contributed by atoms with van der Waals surface area (Å²) in [5, 5.41) is 11.7. The molecule has 0 aliphatic carbocycles. The molecule has 19 heavy (non-hydrogen) atoms. The van der Waals surface area contributed by atoms with E-state index in [1.54, 1.807) is 13.0 Å². The van der Waals surface area contributed by atoms with Crippen molar-refractivity contribution >= 4 is 16.6 Å². The number of unbranched alkanes of at least 4 members (excludes halogenated alkanes) is 2. The third-order valence-electron chi connectivity index (χ3n) is 3.32. The minimum atomic E-state index is -0.323. The summed E-state index contributed by atoms with van der Waals surface area (Å²) in [5.41, 5.74) is 2.58. The molecule has 0 N–H and O–H groups in total. The number of rotatable bonds is 5. The maximum absolute atomic E-state index is 11.1. The average Bonchev–Trinajstić information content (AvgIpc) is 2.38. The summed E-state index contributed by atoms with van der Waals surface area (Å²) >= 11 is 0. The van der Waals surface area contributed by atoms with Crippen molar-refractivity contribution in [1.82, 2.24) is 4.98 Å². The van der Waals surface area contributed by atoms with E-state index in [4.69, 9.17) is 0 Å². The molecule has 0 spiro atoms. The minimum absolute atomic E-state index is 0.171. The van der Waals surface area contributed by atoms with Crippen LogP contribution < -0.4 is 0 Å². The SMILES string of the molecule is CCCCCc1ccc2c([N+](=O)[O-])c(C)ccc2n1. The van der Waals surface area contributed by atoms with E-state index >= 15 is 0 Å². The van der Waals surface area contributed by atoms with Crippen molar-refractivity contribution in [2.45, 2.75) is 39.5 Å². The third kappa shape index (κ3) is 2.89. The lowest BCUT2D eigenvalue weighted by atomic mass is 10.1. The van der Waals surface area contributed by atoms with Gasteiger partial charge in [0.05, 0.1) is 15.8 Å². The van der Waals surface area contributed by atoms with Crippen molar-refractivity contribution in [2.75, 3.05) is 0 Å². The number of nitrogens with zero attached hydrogens (tertiary/aromatic N) is 2. The first-order chi connectivity index (χ1) is 9.13. The molecule has 1 heterocycles. The van der Waals surface area contributed by atoms with Gasteiger partial charge in [0, 0.05) is 11.3 Å². The van der Waals surface area contributed by atoms with Crippen molar-refractivity contribution in [1.29, 1.82) is 0 Å². The van der Waals surface area contributed by atoms with Crippen LogP contribution in [0.1, 0.15) is 37.4 Å². The number of pyridine rings is 1. The molecule has 1 aromatic carbocycles. The van der Waals surface area contributed by atoms with E-state index in [9.17, 15) is 10.1 Å². The number of benzene rings is 1. The van der Waals surface area contributed by atoms with Gasteiger partial charge in [-0.05, 0) is 38.0 Å². The molecule has 1 aromatic heterocycles. The number of fused-ring (bicyclic) bond motifs is 1. The van der Waals surface area contributed by atoms with Gasteiger partial charge in [0.25, 0.3) is 5.69 Å². The Morgan fingerprint density at radius 1 is 1.21 bits per heavy atom. The first-order valence-corrected chi connectivity index (χ1v) is 6.67. The molecular weight excluding hydrogens is 240 g/mol. The molecule has 0 saturated carbocycles. The molecule has 0 unspecified atom stereocenters. The second kappa shape index (κ2) is 5.78. The third-order valence-corrected chi connectivity index (χ3v) is 3.32. The lowest BCUT2D eigenvalue weighted by Gasteiger charge is -2.05. The highest BCUT2D eigenvalue weighted by molar-refractivity contribution is 5.89. The Balaban J connectivity index is 2.39. The van der Waals surface area contributed by atoms with Crippen molar-refractivity contribution in [2.24, 2.45) is 0 Å². The zero-order valence-electron chi connectivity index (χ0n) is 11.3. The van der Waals surface area contributed by atoms with Crippen LogP contribution in [-0.4, -0.2) is 9.91 Å². The van der Waals surface area contributed by atoms with Crippen molar-refractivity contribution in [3.63, 3.8) is 0 Å². The molecular formula is C15H18N2O2. The van der Waals surface area contributed by atoms with Gasteiger partial charge in [-0.2, -0.15) is 0 Å². The number of hydrogen-bond acceptors (Lipinski definition) is 3. The monoisotopic (exact) mass is 258 g/mol. The molecule has 0 atom stereocenters. The molecule has 0 amide bonds. The van der Waals surface area contributed by atoms with Crippen molar-refractivity contribution < 1.29 is 4.92 Å². The van der Waals surface area contributed by atoms with Crippen LogP contribution in [0, 0.1) is 17.0 Å². The van der Waals surface area contributed by atoms with Gasteiger partial charge in [-0.25, -0.2) is 0 Å². The maximum atomic E-state index is 11.1.